The summed E-state index contributed by atoms with van der Waals surface area (Å²) in [5.41, 5.74) is -0.308. The number of pyridine rings is 1. The van der Waals surface area contributed by atoms with Crippen LogP contribution in [0.25, 0.3) is 10.1 Å². The van der Waals surface area contributed by atoms with E-state index >= 15 is 0 Å². The second kappa shape index (κ2) is 8.15. The van der Waals surface area contributed by atoms with E-state index in [-0.39, 0.29) is 41.6 Å². The second-order valence-electron chi connectivity index (χ2n) is 5.76. The number of benzene rings is 1. The summed E-state index contributed by atoms with van der Waals surface area (Å²) in [7, 11) is 3.02. The van der Waals surface area contributed by atoms with E-state index in [1.165, 1.54) is 43.1 Å². The number of anilines is 1. The first-order chi connectivity index (χ1) is 13.4. The number of amides is 1. The third-order valence-electron chi connectivity index (χ3n) is 3.88. The van der Waals surface area contributed by atoms with Crippen molar-refractivity contribution >= 4 is 39.0 Å². The Balaban J connectivity index is 1.93. The molecule has 0 saturated carbocycles. The summed E-state index contributed by atoms with van der Waals surface area (Å²) in [6.45, 7) is 0.451. The number of nitrogens with one attached hydrogen (secondary N) is 1. The van der Waals surface area contributed by atoms with Crippen LogP contribution in [-0.2, 0) is 11.8 Å². The van der Waals surface area contributed by atoms with Gasteiger partial charge >= 0.3 is 0 Å². The minimum absolute atomic E-state index is 0.103. The average Bonchev–Trinajstić information content (AvgIpc) is 3.06. The highest BCUT2D eigenvalue weighted by molar-refractivity contribution is 7.13. The fraction of sp³-hybridized carbons (Fsp3) is 0.235. The van der Waals surface area contributed by atoms with Crippen molar-refractivity contribution in [1.29, 1.82) is 0 Å². The number of nitro groups is 1. The molecule has 146 valence electrons. The molecular weight excluding hydrogens is 388 g/mol. The Kier molecular flexibility index (Phi) is 5.66. The monoisotopic (exact) mass is 404 g/mol. The first kappa shape index (κ1) is 19.5. The molecule has 11 heteroatoms. The number of fused-ring (bicyclic) bond motifs is 1. The number of rotatable bonds is 7. The van der Waals surface area contributed by atoms with E-state index in [0.29, 0.717) is 10.1 Å². The van der Waals surface area contributed by atoms with Gasteiger partial charge in [-0.05, 0) is 17.6 Å². The summed E-state index contributed by atoms with van der Waals surface area (Å²) >= 11 is 1.11. The Hall–Kier alpha value is -3.31. The number of nitrogens with zero attached hydrogens (tertiary/aromatic N) is 3. The summed E-state index contributed by atoms with van der Waals surface area (Å²) in [4.78, 5) is 35.2. The third-order valence-corrected chi connectivity index (χ3v) is 4.70. The maximum atomic E-state index is 12.8. The van der Waals surface area contributed by atoms with Gasteiger partial charge in [0, 0.05) is 43.9 Å². The normalized spacial score (nSPS) is 10.8. The molecule has 3 aromatic rings. The van der Waals surface area contributed by atoms with E-state index in [2.05, 4.69) is 9.69 Å². The zero-order chi connectivity index (χ0) is 20.3. The van der Waals surface area contributed by atoms with Gasteiger partial charge in [-0.25, -0.2) is 0 Å². The van der Waals surface area contributed by atoms with Crippen LogP contribution in [0.4, 0.5) is 11.5 Å². The number of nitro benzene ring substituents is 1. The van der Waals surface area contributed by atoms with Crippen LogP contribution in [0.15, 0.2) is 35.3 Å². The number of non-ortho nitro benzene ring substituents is 1. The number of ether oxygens (including phenoxy) is 2. The molecular formula is C17H16N4O6S. The summed E-state index contributed by atoms with van der Waals surface area (Å²) in [6, 6.07) is 5.52. The van der Waals surface area contributed by atoms with E-state index in [0.717, 1.165) is 11.5 Å². The molecule has 2 heterocycles. The topological polar surface area (TPSA) is 126 Å². The standard InChI is InChI=1S/C17H16N4O6S/c1-20-9-12(13(8-15(20)22)27-6-5-26-2)17(23)18-16-11-7-10(21(24)25)3-4-14(11)28-19-16/h3-4,7-9H,5-6H2,1-2H3,(H,18,19,23). The lowest BCUT2D eigenvalue weighted by Crippen LogP contribution is -2.22. The van der Waals surface area contributed by atoms with Gasteiger partial charge in [-0.2, -0.15) is 4.37 Å². The molecule has 0 saturated heterocycles. The minimum Gasteiger partial charge on any atom is -0.490 e. The molecule has 1 aromatic carbocycles. The number of hydrogen-bond donors (Lipinski definition) is 1. The van der Waals surface area contributed by atoms with Gasteiger partial charge in [0.05, 0.1) is 21.8 Å². The maximum Gasteiger partial charge on any atom is 0.270 e. The predicted octanol–water partition coefficient (Wildman–Crippen LogP) is 2.18. The van der Waals surface area contributed by atoms with Gasteiger partial charge < -0.3 is 19.4 Å². The van der Waals surface area contributed by atoms with Crippen molar-refractivity contribution in [2.45, 2.75) is 0 Å². The van der Waals surface area contributed by atoms with E-state index in [1.807, 2.05) is 0 Å². The highest BCUT2D eigenvalue weighted by atomic mass is 32.1. The molecule has 3 rings (SSSR count). The number of methoxy groups -OCH3 is 1. The zero-order valence-corrected chi connectivity index (χ0v) is 15.8. The Morgan fingerprint density at radius 2 is 2.14 bits per heavy atom. The highest BCUT2D eigenvalue weighted by Crippen LogP contribution is 2.30. The largest absolute Gasteiger partial charge is 0.490 e. The fourth-order valence-electron chi connectivity index (χ4n) is 2.44. The predicted molar refractivity (Wildman–Crippen MR) is 103 cm³/mol. The Bertz CT molecular complexity index is 1110. The Morgan fingerprint density at radius 3 is 2.86 bits per heavy atom. The third kappa shape index (κ3) is 4.00. The molecule has 2 aromatic heterocycles. The molecule has 0 bridgehead atoms. The lowest BCUT2D eigenvalue weighted by Gasteiger charge is -2.12. The smallest absolute Gasteiger partial charge is 0.270 e. The van der Waals surface area contributed by atoms with E-state index in [4.69, 9.17) is 9.47 Å². The fourth-order valence-corrected chi connectivity index (χ4v) is 3.16. The van der Waals surface area contributed by atoms with E-state index in [1.54, 1.807) is 6.07 Å². The molecule has 0 aliphatic heterocycles. The lowest BCUT2D eigenvalue weighted by atomic mass is 10.2. The number of aromatic nitrogens is 2. The van der Waals surface area contributed by atoms with Crippen LogP contribution >= 0.6 is 11.5 Å². The van der Waals surface area contributed by atoms with Crippen molar-refractivity contribution in [3.8, 4) is 5.75 Å². The van der Waals surface area contributed by atoms with Crippen LogP contribution in [0, 0.1) is 10.1 Å². The average molecular weight is 404 g/mol. The van der Waals surface area contributed by atoms with Crippen molar-refractivity contribution < 1.29 is 19.2 Å². The molecule has 0 aliphatic rings. The highest BCUT2D eigenvalue weighted by Gasteiger charge is 2.19. The van der Waals surface area contributed by atoms with Gasteiger partial charge in [-0.1, -0.05) is 0 Å². The van der Waals surface area contributed by atoms with Gasteiger partial charge in [0.15, 0.2) is 5.82 Å². The van der Waals surface area contributed by atoms with Crippen LogP contribution in [0.5, 0.6) is 5.75 Å². The summed E-state index contributed by atoms with van der Waals surface area (Å²) in [6.07, 6.45) is 1.36. The SMILES string of the molecule is COCCOc1cc(=O)n(C)cc1C(=O)Nc1nsc2ccc([N+](=O)[O-])cc12. The van der Waals surface area contributed by atoms with Gasteiger partial charge in [-0.15, -0.1) is 0 Å². The van der Waals surface area contributed by atoms with Crippen molar-refractivity contribution in [1.82, 2.24) is 8.94 Å². The van der Waals surface area contributed by atoms with Gasteiger partial charge in [0.2, 0.25) is 0 Å². The van der Waals surface area contributed by atoms with Gasteiger partial charge in [0.1, 0.15) is 12.4 Å². The maximum absolute atomic E-state index is 12.8. The van der Waals surface area contributed by atoms with Crippen molar-refractivity contribution in [3.05, 3.63) is 56.5 Å². The number of aryl methyl sites for hydroxylation is 1. The summed E-state index contributed by atoms with van der Waals surface area (Å²) in [5.74, 6) is -0.240. The molecule has 0 fully saturated rings. The molecule has 1 amide bonds. The molecule has 0 spiro atoms. The summed E-state index contributed by atoms with van der Waals surface area (Å²) in [5, 5.41) is 14.1. The zero-order valence-electron chi connectivity index (χ0n) is 15.0. The van der Waals surface area contributed by atoms with E-state index in [9.17, 15) is 19.7 Å². The van der Waals surface area contributed by atoms with Crippen molar-refractivity contribution in [2.75, 3.05) is 25.6 Å². The van der Waals surface area contributed by atoms with Gasteiger partial charge in [-0.3, -0.25) is 19.7 Å². The Labute approximate surface area is 162 Å². The molecule has 0 radical (unpaired) electrons. The number of carbonyl (C=O) groups is 1. The Morgan fingerprint density at radius 1 is 1.36 bits per heavy atom. The molecule has 10 nitrogen and oxygen atoms in total. The number of hydrogen-bond acceptors (Lipinski definition) is 8. The van der Waals surface area contributed by atoms with Crippen LogP contribution in [0.3, 0.4) is 0 Å². The van der Waals surface area contributed by atoms with Crippen molar-refractivity contribution in [3.63, 3.8) is 0 Å². The molecule has 1 N–H and O–H groups in total. The molecule has 28 heavy (non-hydrogen) atoms. The van der Waals surface area contributed by atoms with Crippen LogP contribution in [-0.4, -0.2) is 40.1 Å². The molecule has 0 unspecified atom stereocenters. The van der Waals surface area contributed by atoms with E-state index < -0.39 is 10.8 Å². The van der Waals surface area contributed by atoms with Crippen LogP contribution < -0.4 is 15.6 Å². The van der Waals surface area contributed by atoms with Gasteiger partial charge in [0.25, 0.3) is 17.2 Å². The lowest BCUT2D eigenvalue weighted by molar-refractivity contribution is -0.384. The minimum atomic E-state index is -0.554. The first-order valence-electron chi connectivity index (χ1n) is 8.08. The molecule has 0 aliphatic carbocycles. The van der Waals surface area contributed by atoms with Crippen LogP contribution in [0.1, 0.15) is 10.4 Å². The molecule has 0 atom stereocenters. The quantitative estimate of drug-likeness (QED) is 0.363. The number of carbonyl (C=O) groups excluding carboxylic acids is 1. The van der Waals surface area contributed by atoms with Crippen LogP contribution in [0.2, 0.25) is 0 Å². The first-order valence-corrected chi connectivity index (χ1v) is 8.85. The second-order valence-corrected chi connectivity index (χ2v) is 6.57. The summed E-state index contributed by atoms with van der Waals surface area (Å²) < 4.78 is 16.5. The van der Waals surface area contributed by atoms with Crippen molar-refractivity contribution in [2.24, 2.45) is 7.05 Å².